The van der Waals surface area contributed by atoms with Crippen molar-refractivity contribution in [3.8, 4) is 5.75 Å². The van der Waals surface area contributed by atoms with Crippen LogP contribution in [0.1, 0.15) is 12.0 Å². The van der Waals surface area contributed by atoms with Crippen LogP contribution in [-0.2, 0) is 4.79 Å². The average Bonchev–Trinajstić information content (AvgIpc) is 2.29. The molecule has 0 unspecified atom stereocenters. The van der Waals surface area contributed by atoms with Crippen LogP contribution in [0.2, 0.25) is 5.02 Å². The van der Waals surface area contributed by atoms with Crippen LogP contribution in [0.4, 0.5) is 0 Å². The maximum absolute atomic E-state index is 11.1. The van der Waals surface area contributed by atoms with Crippen LogP contribution in [0, 0.1) is 6.92 Å². The molecule has 1 aromatic rings. The predicted octanol–water partition coefficient (Wildman–Crippen LogP) is 1.49. The van der Waals surface area contributed by atoms with Crippen LogP contribution < -0.4 is 15.8 Å². The summed E-state index contributed by atoms with van der Waals surface area (Å²) in [5, 5.41) is 3.27. The van der Waals surface area contributed by atoms with Crippen LogP contribution in [-0.4, -0.2) is 25.6 Å². The van der Waals surface area contributed by atoms with Crippen LogP contribution in [0.25, 0.3) is 0 Å². The van der Waals surface area contributed by atoms with Gasteiger partial charge in [0.1, 0.15) is 12.4 Å². The van der Waals surface area contributed by atoms with Gasteiger partial charge in [-0.3, -0.25) is 4.79 Å². The van der Waals surface area contributed by atoms with Gasteiger partial charge in [-0.15, -0.1) is 0 Å². The molecule has 0 bridgehead atoms. The third-order valence-electron chi connectivity index (χ3n) is 2.14. The number of nitrogens with two attached hydrogens (primary N) is 1. The molecule has 0 fully saturated rings. The molecule has 3 N–H and O–H groups in total. The number of carbonyl (C=O) groups excluding carboxylic acids is 1. The van der Waals surface area contributed by atoms with Crippen molar-refractivity contribution >= 4 is 17.5 Å². The molecule has 0 saturated heterocycles. The minimum Gasteiger partial charge on any atom is -0.490 e. The molecular weight excluding hydrogens is 240 g/mol. The Balaban J connectivity index is 2.31. The summed E-state index contributed by atoms with van der Waals surface area (Å²) in [6.45, 7) is 3.16. The fraction of sp³-hybridized carbons (Fsp3) is 0.417. The van der Waals surface area contributed by atoms with Crippen molar-refractivity contribution < 1.29 is 9.53 Å². The maximum atomic E-state index is 11.1. The molecule has 0 aliphatic carbocycles. The zero-order valence-corrected chi connectivity index (χ0v) is 10.6. The number of halogens is 1. The molecule has 0 heterocycles. The van der Waals surface area contributed by atoms with E-state index in [0.29, 0.717) is 36.9 Å². The molecular formula is C12H17ClN2O2. The number of rotatable bonds is 6. The van der Waals surface area contributed by atoms with E-state index in [0.717, 1.165) is 5.56 Å². The first-order chi connectivity index (χ1) is 8.13. The van der Waals surface area contributed by atoms with Crippen LogP contribution in [0.5, 0.6) is 5.75 Å². The minimum atomic E-state index is -0.0635. The second kappa shape index (κ2) is 7.14. The highest BCUT2D eigenvalue weighted by molar-refractivity contribution is 6.32. The fourth-order valence-electron chi connectivity index (χ4n) is 1.29. The van der Waals surface area contributed by atoms with E-state index >= 15 is 0 Å². The molecule has 0 aliphatic heterocycles. The van der Waals surface area contributed by atoms with Gasteiger partial charge < -0.3 is 15.8 Å². The lowest BCUT2D eigenvalue weighted by Crippen LogP contribution is -2.29. The highest BCUT2D eigenvalue weighted by Crippen LogP contribution is 2.24. The SMILES string of the molecule is Cc1ccc(Cl)c(OCCNC(=O)CCN)c1. The Morgan fingerprint density at radius 3 is 3.00 bits per heavy atom. The van der Waals surface area contributed by atoms with Gasteiger partial charge in [-0.2, -0.15) is 0 Å². The number of benzene rings is 1. The predicted molar refractivity (Wildman–Crippen MR) is 68.4 cm³/mol. The molecule has 17 heavy (non-hydrogen) atoms. The number of aryl methyl sites for hydroxylation is 1. The van der Waals surface area contributed by atoms with E-state index in [1.54, 1.807) is 6.07 Å². The molecule has 0 spiro atoms. The lowest BCUT2D eigenvalue weighted by atomic mass is 10.2. The third kappa shape index (κ3) is 5.06. The first-order valence-electron chi connectivity index (χ1n) is 5.49. The van der Waals surface area contributed by atoms with Gasteiger partial charge in [0, 0.05) is 13.0 Å². The Bertz CT molecular complexity index is 383. The summed E-state index contributed by atoms with van der Waals surface area (Å²) in [7, 11) is 0. The van der Waals surface area contributed by atoms with Gasteiger partial charge in [0.25, 0.3) is 0 Å². The average molecular weight is 257 g/mol. The number of nitrogens with one attached hydrogen (secondary N) is 1. The van der Waals surface area contributed by atoms with Gasteiger partial charge in [-0.25, -0.2) is 0 Å². The summed E-state index contributed by atoms with van der Waals surface area (Å²) in [6.07, 6.45) is 0.338. The quantitative estimate of drug-likeness (QED) is 0.758. The number of ether oxygens (including phenoxy) is 1. The molecule has 0 atom stereocenters. The Labute approximate surface area is 106 Å². The summed E-state index contributed by atoms with van der Waals surface area (Å²) >= 11 is 5.96. The van der Waals surface area contributed by atoms with Crippen LogP contribution >= 0.6 is 11.6 Å². The monoisotopic (exact) mass is 256 g/mol. The van der Waals surface area contributed by atoms with Gasteiger partial charge in [0.15, 0.2) is 0 Å². The number of hydrogen-bond acceptors (Lipinski definition) is 3. The summed E-state index contributed by atoms with van der Waals surface area (Å²) in [5.41, 5.74) is 6.33. The number of carbonyl (C=O) groups is 1. The van der Waals surface area contributed by atoms with E-state index < -0.39 is 0 Å². The molecule has 1 amide bonds. The molecule has 1 aromatic carbocycles. The van der Waals surface area contributed by atoms with Crippen molar-refractivity contribution in [1.82, 2.24) is 5.32 Å². The van der Waals surface area contributed by atoms with E-state index in [1.807, 2.05) is 19.1 Å². The molecule has 0 saturated carbocycles. The number of amides is 1. The van der Waals surface area contributed by atoms with E-state index in [2.05, 4.69) is 5.32 Å². The maximum Gasteiger partial charge on any atom is 0.221 e. The van der Waals surface area contributed by atoms with E-state index in [1.165, 1.54) is 0 Å². The fourth-order valence-corrected chi connectivity index (χ4v) is 1.46. The first kappa shape index (κ1) is 13.8. The molecule has 5 heteroatoms. The summed E-state index contributed by atoms with van der Waals surface area (Å²) < 4.78 is 5.47. The second-order valence-corrected chi connectivity index (χ2v) is 4.08. The molecule has 0 radical (unpaired) electrons. The molecule has 0 aliphatic rings. The Kier molecular flexibility index (Phi) is 5.80. The zero-order chi connectivity index (χ0) is 12.7. The minimum absolute atomic E-state index is 0.0635. The van der Waals surface area contributed by atoms with Crippen molar-refractivity contribution in [3.63, 3.8) is 0 Å². The lowest BCUT2D eigenvalue weighted by Gasteiger charge is -2.09. The van der Waals surface area contributed by atoms with Crippen molar-refractivity contribution in [2.24, 2.45) is 5.73 Å². The zero-order valence-electron chi connectivity index (χ0n) is 9.83. The summed E-state index contributed by atoms with van der Waals surface area (Å²) in [5.74, 6) is 0.575. The van der Waals surface area contributed by atoms with Gasteiger partial charge in [0.05, 0.1) is 11.6 Å². The Morgan fingerprint density at radius 1 is 1.53 bits per heavy atom. The Hall–Kier alpha value is -1.26. The smallest absolute Gasteiger partial charge is 0.221 e. The largest absolute Gasteiger partial charge is 0.490 e. The van der Waals surface area contributed by atoms with E-state index in [-0.39, 0.29) is 5.91 Å². The van der Waals surface area contributed by atoms with E-state index in [4.69, 9.17) is 22.1 Å². The van der Waals surface area contributed by atoms with Gasteiger partial charge in [0.2, 0.25) is 5.91 Å². The van der Waals surface area contributed by atoms with Crippen molar-refractivity contribution in [3.05, 3.63) is 28.8 Å². The van der Waals surface area contributed by atoms with Crippen molar-refractivity contribution in [1.29, 1.82) is 0 Å². The third-order valence-corrected chi connectivity index (χ3v) is 2.45. The van der Waals surface area contributed by atoms with Gasteiger partial charge in [-0.05, 0) is 24.6 Å². The second-order valence-electron chi connectivity index (χ2n) is 3.67. The Morgan fingerprint density at radius 2 is 2.29 bits per heavy atom. The molecule has 4 nitrogen and oxygen atoms in total. The highest BCUT2D eigenvalue weighted by atomic mass is 35.5. The van der Waals surface area contributed by atoms with Crippen LogP contribution in [0.3, 0.4) is 0 Å². The molecule has 94 valence electrons. The van der Waals surface area contributed by atoms with Gasteiger partial charge >= 0.3 is 0 Å². The molecule has 0 aromatic heterocycles. The highest BCUT2D eigenvalue weighted by Gasteiger charge is 2.02. The van der Waals surface area contributed by atoms with Gasteiger partial charge in [-0.1, -0.05) is 17.7 Å². The standard InChI is InChI=1S/C12H17ClN2O2/c1-9-2-3-10(13)11(8-9)17-7-6-15-12(16)4-5-14/h2-3,8H,4-7,14H2,1H3,(H,15,16). The topological polar surface area (TPSA) is 64.3 Å². The first-order valence-corrected chi connectivity index (χ1v) is 5.87. The lowest BCUT2D eigenvalue weighted by molar-refractivity contribution is -0.120. The van der Waals surface area contributed by atoms with Crippen molar-refractivity contribution in [2.45, 2.75) is 13.3 Å². The summed E-state index contributed by atoms with van der Waals surface area (Å²) in [4.78, 5) is 11.1. The number of hydrogen-bond donors (Lipinski definition) is 2. The molecule has 1 rings (SSSR count). The normalized spacial score (nSPS) is 10.1. The van der Waals surface area contributed by atoms with Crippen LogP contribution in [0.15, 0.2) is 18.2 Å². The van der Waals surface area contributed by atoms with Crippen molar-refractivity contribution in [2.75, 3.05) is 19.7 Å². The van der Waals surface area contributed by atoms with E-state index in [9.17, 15) is 4.79 Å². The summed E-state index contributed by atoms with van der Waals surface area (Å²) in [6, 6.07) is 5.57.